The van der Waals surface area contributed by atoms with E-state index in [9.17, 15) is 0 Å². The molecule has 1 saturated heterocycles. The number of alkyl halides is 1. The summed E-state index contributed by atoms with van der Waals surface area (Å²) in [5, 5.41) is 13.0. The highest BCUT2D eigenvalue weighted by Gasteiger charge is 2.31. The summed E-state index contributed by atoms with van der Waals surface area (Å²) in [6.07, 6.45) is 6.10. The molecule has 0 unspecified atom stereocenters. The van der Waals surface area contributed by atoms with Crippen LogP contribution in [0.2, 0.25) is 0 Å². The van der Waals surface area contributed by atoms with Gasteiger partial charge in [0.05, 0.1) is 11.8 Å². The van der Waals surface area contributed by atoms with E-state index in [1.165, 1.54) is 5.56 Å². The second-order valence-electron chi connectivity index (χ2n) is 5.77. The quantitative estimate of drug-likeness (QED) is 0.578. The normalized spacial score (nSPS) is 18.0. The van der Waals surface area contributed by atoms with Crippen LogP contribution in [0.5, 0.6) is 0 Å². The fourth-order valence-electron chi connectivity index (χ4n) is 2.78. The lowest BCUT2D eigenvalue weighted by Gasteiger charge is -2.36. The molecule has 6 heteroatoms. The molecule has 1 fully saturated rings. The first-order valence-corrected chi connectivity index (χ1v) is 8.49. The zero-order chi connectivity index (χ0) is 15.4. The van der Waals surface area contributed by atoms with E-state index in [4.69, 9.17) is 5.26 Å². The Labute approximate surface area is 144 Å². The van der Waals surface area contributed by atoms with Crippen LogP contribution in [0.25, 0.3) is 5.69 Å². The zero-order valence-electron chi connectivity index (χ0n) is 12.3. The average Bonchev–Trinajstić information content (AvgIpc) is 3.05. The Morgan fingerprint density at radius 3 is 2.55 bits per heavy atom. The number of hydrogen-bond acceptors (Lipinski definition) is 4. The molecule has 2 heterocycles. The first-order valence-electron chi connectivity index (χ1n) is 7.41. The van der Waals surface area contributed by atoms with Crippen molar-refractivity contribution in [3.63, 3.8) is 0 Å². The zero-order valence-corrected chi connectivity index (χ0v) is 14.5. The highest BCUT2D eigenvalue weighted by atomic mass is 127. The molecule has 0 N–H and O–H groups in total. The Kier molecular flexibility index (Phi) is 4.74. The van der Waals surface area contributed by atoms with Crippen molar-refractivity contribution in [2.75, 3.05) is 13.1 Å². The third kappa shape index (κ3) is 3.65. The monoisotopic (exact) mass is 407 g/mol. The van der Waals surface area contributed by atoms with Gasteiger partial charge in [0.15, 0.2) is 0 Å². The molecule has 22 heavy (non-hydrogen) atoms. The van der Waals surface area contributed by atoms with Crippen molar-refractivity contribution in [2.24, 2.45) is 0 Å². The van der Waals surface area contributed by atoms with Gasteiger partial charge in [-0.1, -0.05) is 34.7 Å². The molecule has 0 saturated carbocycles. The number of benzene rings is 1. The van der Waals surface area contributed by atoms with Crippen molar-refractivity contribution in [1.29, 1.82) is 5.26 Å². The van der Waals surface area contributed by atoms with Crippen LogP contribution in [-0.2, 0) is 6.54 Å². The van der Waals surface area contributed by atoms with E-state index in [2.05, 4.69) is 67.9 Å². The van der Waals surface area contributed by atoms with E-state index < -0.39 is 0 Å². The largest absolute Gasteiger partial charge is 0.299 e. The van der Waals surface area contributed by atoms with E-state index in [0.717, 1.165) is 38.2 Å². The van der Waals surface area contributed by atoms with Gasteiger partial charge in [0.1, 0.15) is 12.7 Å². The summed E-state index contributed by atoms with van der Waals surface area (Å²) in [7, 11) is 0. The molecule has 0 radical (unpaired) electrons. The van der Waals surface area contributed by atoms with Gasteiger partial charge < -0.3 is 0 Å². The summed E-state index contributed by atoms with van der Waals surface area (Å²) in [5.41, 5.74) is 2.34. The molecule has 1 aliphatic rings. The van der Waals surface area contributed by atoms with Gasteiger partial charge in [-0.15, -0.1) is 0 Å². The number of nitrogens with zero attached hydrogens (tertiary/aromatic N) is 5. The van der Waals surface area contributed by atoms with Crippen LogP contribution in [0, 0.1) is 11.3 Å². The molecule has 1 aromatic heterocycles. The summed E-state index contributed by atoms with van der Waals surface area (Å²) in [5.74, 6) is 0. The fourth-order valence-corrected chi connectivity index (χ4v) is 3.44. The summed E-state index contributed by atoms with van der Waals surface area (Å²) in [6.45, 7) is 3.10. The van der Waals surface area contributed by atoms with Crippen LogP contribution < -0.4 is 0 Å². The standard InChI is InChI=1S/C16H18IN5/c17-16(5-8-18)6-9-21(10-7-16)11-14-1-3-15(4-2-14)22-13-19-12-20-22/h1-4,12-13H,5-7,9-11H2. The van der Waals surface area contributed by atoms with Crippen molar-refractivity contribution in [1.82, 2.24) is 19.7 Å². The van der Waals surface area contributed by atoms with Crippen molar-refractivity contribution in [3.8, 4) is 11.8 Å². The van der Waals surface area contributed by atoms with Crippen molar-refractivity contribution in [2.45, 2.75) is 29.2 Å². The number of likely N-dealkylation sites (tertiary alicyclic amines) is 1. The number of halogens is 1. The average molecular weight is 407 g/mol. The predicted octanol–water partition coefficient (Wildman–Crippen LogP) is 2.95. The smallest absolute Gasteiger partial charge is 0.138 e. The van der Waals surface area contributed by atoms with Gasteiger partial charge in [-0.25, -0.2) is 9.67 Å². The third-order valence-electron chi connectivity index (χ3n) is 4.17. The van der Waals surface area contributed by atoms with Crippen LogP contribution in [0.3, 0.4) is 0 Å². The molecule has 0 aliphatic carbocycles. The minimum absolute atomic E-state index is 0.181. The maximum Gasteiger partial charge on any atom is 0.138 e. The first-order chi connectivity index (χ1) is 10.7. The highest BCUT2D eigenvalue weighted by molar-refractivity contribution is 14.1. The number of rotatable bonds is 4. The molecule has 0 bridgehead atoms. The lowest BCUT2D eigenvalue weighted by Crippen LogP contribution is -2.40. The van der Waals surface area contributed by atoms with Gasteiger partial charge in [0, 0.05) is 16.4 Å². The Morgan fingerprint density at radius 2 is 1.95 bits per heavy atom. The van der Waals surface area contributed by atoms with Gasteiger partial charge >= 0.3 is 0 Å². The molecular weight excluding hydrogens is 389 g/mol. The molecule has 0 amide bonds. The number of aromatic nitrogens is 3. The lowest BCUT2D eigenvalue weighted by atomic mass is 9.94. The van der Waals surface area contributed by atoms with Crippen LogP contribution in [-0.4, -0.2) is 36.2 Å². The Hall–Kier alpha value is -1.46. The molecule has 3 rings (SSSR count). The van der Waals surface area contributed by atoms with Crippen LogP contribution in [0.4, 0.5) is 0 Å². The van der Waals surface area contributed by atoms with Crippen LogP contribution in [0.15, 0.2) is 36.9 Å². The van der Waals surface area contributed by atoms with E-state index in [1.807, 2.05) is 0 Å². The summed E-state index contributed by atoms with van der Waals surface area (Å²) >= 11 is 2.48. The van der Waals surface area contributed by atoms with Gasteiger partial charge in [-0.3, -0.25) is 4.90 Å². The predicted molar refractivity (Wildman–Crippen MR) is 92.9 cm³/mol. The van der Waals surface area contributed by atoms with E-state index in [0.29, 0.717) is 6.42 Å². The Balaban J connectivity index is 1.57. The number of nitriles is 1. The maximum absolute atomic E-state index is 8.91. The second kappa shape index (κ2) is 6.75. The summed E-state index contributed by atoms with van der Waals surface area (Å²) < 4.78 is 1.94. The lowest BCUT2D eigenvalue weighted by molar-refractivity contribution is 0.199. The minimum atomic E-state index is 0.181. The van der Waals surface area contributed by atoms with Crippen LogP contribution >= 0.6 is 22.6 Å². The molecule has 114 valence electrons. The van der Waals surface area contributed by atoms with E-state index in [-0.39, 0.29) is 3.42 Å². The van der Waals surface area contributed by atoms with Gasteiger partial charge in [-0.2, -0.15) is 10.4 Å². The maximum atomic E-state index is 8.91. The van der Waals surface area contributed by atoms with E-state index in [1.54, 1.807) is 17.3 Å². The second-order valence-corrected chi connectivity index (χ2v) is 8.06. The molecule has 0 spiro atoms. The molecule has 5 nitrogen and oxygen atoms in total. The summed E-state index contributed by atoms with van der Waals surface area (Å²) in [4.78, 5) is 6.43. The Morgan fingerprint density at radius 1 is 1.23 bits per heavy atom. The van der Waals surface area contributed by atoms with Gasteiger partial charge in [0.2, 0.25) is 0 Å². The van der Waals surface area contributed by atoms with E-state index >= 15 is 0 Å². The molecule has 0 atom stereocenters. The summed E-state index contributed by atoms with van der Waals surface area (Å²) in [6, 6.07) is 10.8. The number of hydrogen-bond donors (Lipinski definition) is 0. The van der Waals surface area contributed by atoms with Gasteiger partial charge in [0.25, 0.3) is 0 Å². The van der Waals surface area contributed by atoms with Crippen molar-refractivity contribution < 1.29 is 0 Å². The SMILES string of the molecule is N#CCC1(I)CCN(Cc2ccc(-n3cncn3)cc2)CC1. The first kappa shape index (κ1) is 15.4. The third-order valence-corrected chi connectivity index (χ3v) is 5.63. The molecule has 2 aromatic rings. The van der Waals surface area contributed by atoms with Gasteiger partial charge in [-0.05, 0) is 43.6 Å². The van der Waals surface area contributed by atoms with Crippen molar-refractivity contribution in [3.05, 3.63) is 42.5 Å². The Bertz CT molecular complexity index is 636. The van der Waals surface area contributed by atoms with Crippen LogP contribution in [0.1, 0.15) is 24.8 Å². The molecule has 1 aromatic carbocycles. The van der Waals surface area contributed by atoms with Crippen molar-refractivity contribution >= 4 is 22.6 Å². The minimum Gasteiger partial charge on any atom is -0.299 e. The molecular formula is C16H18IN5. The topological polar surface area (TPSA) is 57.7 Å². The fraction of sp³-hybridized carbons (Fsp3) is 0.438. The molecule has 1 aliphatic heterocycles. The number of piperidine rings is 1. The highest BCUT2D eigenvalue weighted by Crippen LogP contribution is 2.35.